The van der Waals surface area contributed by atoms with E-state index >= 15 is 0 Å². The fourth-order valence-corrected chi connectivity index (χ4v) is 3.75. The molecule has 0 bridgehead atoms. The summed E-state index contributed by atoms with van der Waals surface area (Å²) < 4.78 is 3.36. The number of hydrogen-bond donors (Lipinski definition) is 4. The maximum atomic E-state index is 13.0. The molecule has 11 heteroatoms. The van der Waals surface area contributed by atoms with Crippen molar-refractivity contribution in [2.75, 3.05) is 10.6 Å². The summed E-state index contributed by atoms with van der Waals surface area (Å²) in [6.07, 6.45) is 4.84. The molecule has 4 heterocycles. The van der Waals surface area contributed by atoms with Gasteiger partial charge < -0.3 is 5.32 Å². The SMILES string of the molecule is Cn1ncc(C(=O)NCc2ccn[nH]2)c1C(=O)Nc1cc[n+]2c(n1)NC(c1ccccc1)C2. The van der Waals surface area contributed by atoms with E-state index in [4.69, 9.17) is 0 Å². The number of carbonyl (C=O) groups excluding carboxylic acids is 2. The highest BCUT2D eigenvalue weighted by Crippen LogP contribution is 2.23. The first-order valence-corrected chi connectivity index (χ1v) is 10.4. The van der Waals surface area contributed by atoms with E-state index in [1.54, 1.807) is 25.4 Å². The summed E-state index contributed by atoms with van der Waals surface area (Å²) in [5.41, 5.74) is 2.23. The van der Waals surface area contributed by atoms with Gasteiger partial charge in [-0.15, -0.1) is 0 Å². The van der Waals surface area contributed by atoms with E-state index in [1.807, 2.05) is 29.0 Å². The van der Waals surface area contributed by atoms with Crippen molar-refractivity contribution in [3.05, 3.63) is 83.6 Å². The Kier molecular flexibility index (Phi) is 5.27. The maximum absolute atomic E-state index is 13.0. The van der Waals surface area contributed by atoms with Crippen molar-refractivity contribution in [2.45, 2.75) is 19.1 Å². The molecule has 0 fully saturated rings. The minimum atomic E-state index is -0.475. The van der Waals surface area contributed by atoms with Crippen LogP contribution in [0.15, 0.2) is 61.1 Å². The minimum absolute atomic E-state index is 0.104. The van der Waals surface area contributed by atoms with Crippen LogP contribution in [0.1, 0.15) is 38.1 Å². The summed E-state index contributed by atoms with van der Waals surface area (Å²) in [5, 5.41) is 19.6. The smallest absolute Gasteiger partial charge is 0.346 e. The van der Waals surface area contributed by atoms with Crippen LogP contribution in [-0.4, -0.2) is 36.8 Å². The number of nitrogens with one attached hydrogen (secondary N) is 4. The van der Waals surface area contributed by atoms with Gasteiger partial charge in [-0.05, 0) is 11.6 Å². The molecule has 0 aliphatic carbocycles. The quantitative estimate of drug-likeness (QED) is 0.330. The molecule has 1 aliphatic heterocycles. The molecular weight excluding hydrogens is 422 g/mol. The zero-order chi connectivity index (χ0) is 22.8. The van der Waals surface area contributed by atoms with E-state index in [0.29, 0.717) is 11.8 Å². The van der Waals surface area contributed by atoms with Crippen LogP contribution in [0.3, 0.4) is 0 Å². The molecule has 166 valence electrons. The van der Waals surface area contributed by atoms with E-state index in [-0.39, 0.29) is 23.8 Å². The van der Waals surface area contributed by atoms with Crippen molar-refractivity contribution in [3.8, 4) is 0 Å². The fraction of sp³-hybridized carbons (Fsp3) is 0.182. The molecule has 2 amide bonds. The molecule has 0 radical (unpaired) electrons. The zero-order valence-electron chi connectivity index (χ0n) is 17.8. The maximum Gasteiger partial charge on any atom is 0.394 e. The van der Waals surface area contributed by atoms with Crippen LogP contribution in [0.4, 0.5) is 11.8 Å². The molecule has 1 unspecified atom stereocenters. The highest BCUT2D eigenvalue weighted by Gasteiger charge is 2.31. The Morgan fingerprint density at radius 1 is 1.18 bits per heavy atom. The summed E-state index contributed by atoms with van der Waals surface area (Å²) >= 11 is 0. The third-order valence-corrected chi connectivity index (χ3v) is 5.43. The Hall–Kier alpha value is -4.54. The van der Waals surface area contributed by atoms with Crippen LogP contribution in [0, 0.1) is 0 Å². The zero-order valence-corrected chi connectivity index (χ0v) is 17.8. The van der Waals surface area contributed by atoms with Gasteiger partial charge in [0.05, 0.1) is 30.2 Å². The summed E-state index contributed by atoms with van der Waals surface area (Å²) in [5.74, 6) is 0.145. The van der Waals surface area contributed by atoms with Gasteiger partial charge in [0.2, 0.25) is 5.82 Å². The third kappa shape index (κ3) is 4.15. The van der Waals surface area contributed by atoms with E-state index in [0.717, 1.165) is 17.8 Å². The Bertz CT molecular complexity index is 1300. The Labute approximate surface area is 188 Å². The van der Waals surface area contributed by atoms with Crippen LogP contribution in [0.25, 0.3) is 0 Å². The van der Waals surface area contributed by atoms with Gasteiger partial charge in [-0.3, -0.25) is 30.0 Å². The predicted molar refractivity (Wildman–Crippen MR) is 118 cm³/mol. The van der Waals surface area contributed by atoms with E-state index in [9.17, 15) is 9.59 Å². The first-order chi connectivity index (χ1) is 16.1. The Morgan fingerprint density at radius 3 is 2.82 bits per heavy atom. The lowest BCUT2D eigenvalue weighted by atomic mass is 10.1. The van der Waals surface area contributed by atoms with E-state index < -0.39 is 11.8 Å². The number of benzene rings is 1. The van der Waals surface area contributed by atoms with Gasteiger partial charge in [-0.25, -0.2) is 4.57 Å². The molecule has 5 rings (SSSR count). The lowest BCUT2D eigenvalue weighted by molar-refractivity contribution is -0.676. The predicted octanol–water partition coefficient (Wildman–Crippen LogP) is 1.17. The molecular formula is C22H22N9O2+. The van der Waals surface area contributed by atoms with Crippen molar-refractivity contribution in [3.63, 3.8) is 0 Å². The second-order valence-corrected chi connectivity index (χ2v) is 7.65. The molecule has 1 aromatic carbocycles. The summed E-state index contributed by atoms with van der Waals surface area (Å²) in [6, 6.07) is 13.7. The van der Waals surface area contributed by atoms with Gasteiger partial charge >= 0.3 is 5.95 Å². The third-order valence-electron chi connectivity index (χ3n) is 5.43. The number of aromatic nitrogens is 6. The normalized spacial score (nSPS) is 14.4. The molecule has 0 saturated heterocycles. The molecule has 1 aliphatic rings. The largest absolute Gasteiger partial charge is 0.394 e. The number of H-pyrrole nitrogens is 1. The van der Waals surface area contributed by atoms with Gasteiger partial charge in [0, 0.05) is 19.3 Å². The van der Waals surface area contributed by atoms with Crippen molar-refractivity contribution in [2.24, 2.45) is 7.05 Å². The van der Waals surface area contributed by atoms with Crippen LogP contribution in [0.2, 0.25) is 0 Å². The Balaban J connectivity index is 1.29. The highest BCUT2D eigenvalue weighted by atomic mass is 16.2. The Morgan fingerprint density at radius 2 is 2.03 bits per heavy atom. The number of amides is 2. The van der Waals surface area contributed by atoms with Gasteiger partial charge in [-0.1, -0.05) is 35.3 Å². The van der Waals surface area contributed by atoms with Gasteiger partial charge in [0.25, 0.3) is 11.8 Å². The molecule has 0 saturated carbocycles. The number of nitrogens with zero attached hydrogens (tertiary/aromatic N) is 5. The summed E-state index contributed by atoms with van der Waals surface area (Å²) in [6.45, 7) is 0.996. The fourth-order valence-electron chi connectivity index (χ4n) is 3.75. The molecule has 4 aromatic rings. The molecule has 4 N–H and O–H groups in total. The van der Waals surface area contributed by atoms with Gasteiger partial charge in [0.1, 0.15) is 18.3 Å². The first kappa shape index (κ1) is 20.4. The average Bonchev–Trinajstić information content (AvgIpc) is 3.57. The second kappa shape index (κ2) is 8.54. The van der Waals surface area contributed by atoms with Crippen molar-refractivity contribution < 1.29 is 14.2 Å². The van der Waals surface area contributed by atoms with Crippen LogP contribution in [0.5, 0.6) is 0 Å². The minimum Gasteiger partial charge on any atom is -0.346 e. The lowest BCUT2D eigenvalue weighted by Gasteiger charge is -2.07. The van der Waals surface area contributed by atoms with Crippen LogP contribution < -0.4 is 20.5 Å². The van der Waals surface area contributed by atoms with E-state index in [1.165, 1.54) is 10.9 Å². The van der Waals surface area contributed by atoms with Crippen molar-refractivity contribution in [1.82, 2.24) is 30.3 Å². The van der Waals surface area contributed by atoms with Crippen LogP contribution in [-0.2, 0) is 20.1 Å². The van der Waals surface area contributed by atoms with Gasteiger partial charge in [0.15, 0.2) is 0 Å². The number of rotatable bonds is 6. The number of hydrogen-bond acceptors (Lipinski definition) is 6. The number of aryl methyl sites for hydroxylation is 1. The number of aromatic amines is 1. The van der Waals surface area contributed by atoms with Crippen molar-refractivity contribution >= 4 is 23.6 Å². The number of anilines is 2. The molecule has 11 nitrogen and oxygen atoms in total. The first-order valence-electron chi connectivity index (χ1n) is 10.4. The molecule has 0 spiro atoms. The van der Waals surface area contributed by atoms with Crippen molar-refractivity contribution in [1.29, 1.82) is 0 Å². The summed E-state index contributed by atoms with van der Waals surface area (Å²) in [4.78, 5) is 30.2. The molecule has 3 aromatic heterocycles. The highest BCUT2D eigenvalue weighted by molar-refractivity contribution is 6.10. The second-order valence-electron chi connectivity index (χ2n) is 7.65. The summed E-state index contributed by atoms with van der Waals surface area (Å²) in [7, 11) is 1.61. The molecule has 1 atom stereocenters. The number of carbonyl (C=O) groups is 2. The standard InChI is InChI=1S/C22H21N9O2/c1-30-19(16(12-25-30)20(32)23-11-15-7-9-24-29-15)21(33)27-18-8-10-31-13-17(26-22(31)28-18)14-5-3-2-4-6-14/h2-10,12,17H,11,13H2,1H3,(H3,23,24,26,27,28,29,32,33)/p+1. The monoisotopic (exact) mass is 444 g/mol. The van der Waals surface area contributed by atoms with Crippen LogP contribution >= 0.6 is 0 Å². The van der Waals surface area contributed by atoms with E-state index in [2.05, 4.69) is 48.4 Å². The molecule has 33 heavy (non-hydrogen) atoms. The average molecular weight is 444 g/mol. The topological polar surface area (TPSA) is 133 Å². The number of fused-ring (bicyclic) bond motifs is 1. The lowest BCUT2D eigenvalue weighted by Crippen LogP contribution is -2.32. The van der Waals surface area contributed by atoms with Gasteiger partial charge in [-0.2, -0.15) is 10.2 Å².